The standard InChI is InChI=1S/C34H21F9O/c1-2-3-4-5-20-6-9-23(26(35)14-20)10-7-21-15-28(37)32(29(38)16-21)34(42,43)44-25-13-12-24(27(36)19-25)11-8-22-17-30(39)33(41)31(40)18-22/h6,9,12-19H,2-5H2,1H3. The van der Waals surface area contributed by atoms with Crippen LogP contribution in [0, 0.1) is 64.4 Å². The largest absolute Gasteiger partial charge is 0.432 e. The van der Waals surface area contributed by atoms with E-state index >= 15 is 0 Å². The van der Waals surface area contributed by atoms with Crippen molar-refractivity contribution in [3.8, 4) is 29.4 Å². The van der Waals surface area contributed by atoms with Crippen molar-refractivity contribution in [1.82, 2.24) is 0 Å². The Labute approximate surface area is 247 Å². The number of halogens is 9. The molecule has 0 radical (unpaired) electrons. The molecule has 226 valence electrons. The first-order valence-corrected chi connectivity index (χ1v) is 13.2. The Balaban J connectivity index is 1.51. The van der Waals surface area contributed by atoms with Crippen LogP contribution >= 0.6 is 0 Å². The van der Waals surface area contributed by atoms with Gasteiger partial charge < -0.3 is 4.74 Å². The molecule has 0 fully saturated rings. The zero-order valence-corrected chi connectivity index (χ0v) is 22.9. The van der Waals surface area contributed by atoms with Gasteiger partial charge in [0.15, 0.2) is 17.5 Å². The Morgan fingerprint density at radius 3 is 1.64 bits per heavy atom. The summed E-state index contributed by atoms with van der Waals surface area (Å²) in [5, 5.41) is 0. The van der Waals surface area contributed by atoms with Gasteiger partial charge in [0.05, 0.1) is 11.1 Å². The van der Waals surface area contributed by atoms with Gasteiger partial charge in [-0.2, -0.15) is 8.78 Å². The molecule has 0 aliphatic rings. The SMILES string of the molecule is CCCCCc1ccc(C#Cc2cc(F)c(C(F)(F)Oc3ccc(C#Cc4cc(F)c(F)c(F)c4)c(F)c3)c(F)c2)c(F)c1. The van der Waals surface area contributed by atoms with E-state index in [0.29, 0.717) is 36.8 Å². The summed E-state index contributed by atoms with van der Waals surface area (Å²) in [4.78, 5) is 0. The van der Waals surface area contributed by atoms with Crippen LogP contribution in [0.2, 0.25) is 0 Å². The van der Waals surface area contributed by atoms with Crippen molar-refractivity contribution in [2.45, 2.75) is 38.7 Å². The summed E-state index contributed by atoms with van der Waals surface area (Å²) in [6.07, 6.45) is -1.04. The molecule has 10 heteroatoms. The fourth-order valence-corrected chi connectivity index (χ4v) is 4.08. The maximum Gasteiger partial charge on any atom is 0.432 e. The van der Waals surface area contributed by atoms with Gasteiger partial charge in [-0.05, 0) is 66.9 Å². The van der Waals surface area contributed by atoms with E-state index in [0.717, 1.165) is 37.0 Å². The summed E-state index contributed by atoms with van der Waals surface area (Å²) >= 11 is 0. The molecule has 0 unspecified atom stereocenters. The Hall–Kier alpha value is -4.83. The summed E-state index contributed by atoms with van der Waals surface area (Å²) in [5.74, 6) is -1.65. The van der Waals surface area contributed by atoms with Crippen molar-refractivity contribution in [3.63, 3.8) is 0 Å². The van der Waals surface area contributed by atoms with Gasteiger partial charge in [-0.15, -0.1) is 0 Å². The van der Waals surface area contributed by atoms with Gasteiger partial charge in [-0.1, -0.05) is 49.5 Å². The zero-order chi connectivity index (χ0) is 32.0. The number of alkyl halides is 2. The Bertz CT molecular complexity index is 1780. The van der Waals surface area contributed by atoms with Crippen LogP contribution in [0.1, 0.15) is 59.6 Å². The van der Waals surface area contributed by atoms with Gasteiger partial charge >= 0.3 is 6.11 Å². The predicted octanol–water partition coefficient (Wildman–Crippen LogP) is 9.32. The minimum atomic E-state index is -4.61. The van der Waals surface area contributed by atoms with Gasteiger partial charge in [0, 0.05) is 17.2 Å². The van der Waals surface area contributed by atoms with E-state index in [1.807, 2.05) is 6.92 Å². The first kappa shape index (κ1) is 32.1. The van der Waals surface area contributed by atoms with Gasteiger partial charge in [-0.3, -0.25) is 0 Å². The third-order valence-electron chi connectivity index (χ3n) is 6.29. The third kappa shape index (κ3) is 7.76. The highest BCUT2D eigenvalue weighted by Gasteiger charge is 2.41. The summed E-state index contributed by atoms with van der Waals surface area (Å²) in [7, 11) is 0. The maximum atomic E-state index is 14.8. The van der Waals surface area contributed by atoms with Crippen molar-refractivity contribution in [2.24, 2.45) is 0 Å². The smallest absolute Gasteiger partial charge is 0.429 e. The minimum absolute atomic E-state index is 0.0463. The van der Waals surface area contributed by atoms with Crippen LogP contribution in [0.3, 0.4) is 0 Å². The molecule has 44 heavy (non-hydrogen) atoms. The molecule has 0 saturated heterocycles. The van der Waals surface area contributed by atoms with Gasteiger partial charge in [0.1, 0.15) is 34.6 Å². The van der Waals surface area contributed by atoms with Crippen LogP contribution in [0.5, 0.6) is 5.75 Å². The van der Waals surface area contributed by atoms with Gasteiger partial charge in [0.25, 0.3) is 0 Å². The second-order valence-corrected chi connectivity index (χ2v) is 9.60. The molecule has 0 spiro atoms. The van der Waals surface area contributed by atoms with Gasteiger partial charge in [0.2, 0.25) is 0 Å². The first-order chi connectivity index (χ1) is 20.9. The lowest BCUT2D eigenvalue weighted by Gasteiger charge is -2.19. The zero-order valence-electron chi connectivity index (χ0n) is 22.9. The summed E-state index contributed by atoms with van der Waals surface area (Å²) < 4.78 is 132. The molecule has 0 aromatic heterocycles. The van der Waals surface area contributed by atoms with E-state index in [2.05, 4.69) is 28.4 Å². The molecule has 0 amide bonds. The Morgan fingerprint density at radius 1 is 0.591 bits per heavy atom. The molecular formula is C34H21F9O. The first-order valence-electron chi connectivity index (χ1n) is 13.2. The topological polar surface area (TPSA) is 9.23 Å². The molecule has 0 aliphatic heterocycles. The fourth-order valence-electron chi connectivity index (χ4n) is 4.08. The maximum absolute atomic E-state index is 14.8. The highest BCUT2D eigenvalue weighted by Crippen LogP contribution is 2.36. The van der Waals surface area contributed by atoms with Crippen molar-refractivity contribution in [1.29, 1.82) is 0 Å². The van der Waals surface area contributed by atoms with Crippen LogP contribution in [0.4, 0.5) is 39.5 Å². The molecule has 4 rings (SSSR count). The quantitative estimate of drug-likeness (QED) is 0.0871. The molecule has 4 aromatic rings. The number of ether oxygens (including phenoxy) is 1. The lowest BCUT2D eigenvalue weighted by Crippen LogP contribution is -2.25. The lowest BCUT2D eigenvalue weighted by atomic mass is 10.0. The van der Waals surface area contributed by atoms with E-state index in [1.54, 1.807) is 6.07 Å². The lowest BCUT2D eigenvalue weighted by molar-refractivity contribution is -0.189. The molecule has 0 heterocycles. The minimum Gasteiger partial charge on any atom is -0.429 e. The molecule has 0 N–H and O–H groups in total. The van der Waals surface area contributed by atoms with Crippen molar-refractivity contribution >= 4 is 0 Å². The third-order valence-corrected chi connectivity index (χ3v) is 6.29. The van der Waals surface area contributed by atoms with Crippen molar-refractivity contribution in [2.75, 3.05) is 0 Å². The molecule has 4 aromatic carbocycles. The summed E-state index contributed by atoms with van der Waals surface area (Å²) in [6.45, 7) is 2.04. The predicted molar refractivity (Wildman–Crippen MR) is 145 cm³/mol. The second-order valence-electron chi connectivity index (χ2n) is 9.60. The van der Waals surface area contributed by atoms with E-state index in [4.69, 9.17) is 0 Å². The van der Waals surface area contributed by atoms with Crippen molar-refractivity contribution in [3.05, 3.63) is 135 Å². The monoisotopic (exact) mass is 616 g/mol. The molecule has 0 aliphatic carbocycles. The van der Waals surface area contributed by atoms with Crippen LogP contribution in [0.15, 0.2) is 60.7 Å². The normalized spacial score (nSPS) is 11.0. The van der Waals surface area contributed by atoms with Gasteiger partial charge in [-0.25, -0.2) is 30.7 Å². The average molecular weight is 617 g/mol. The average Bonchev–Trinajstić information content (AvgIpc) is 2.94. The molecule has 0 saturated carbocycles. The molecule has 1 nitrogen and oxygen atoms in total. The fraction of sp³-hybridized carbons (Fsp3) is 0.176. The number of rotatable bonds is 7. The summed E-state index contributed by atoms with van der Waals surface area (Å²) in [6, 6.07) is 8.79. The van der Waals surface area contributed by atoms with E-state index in [9.17, 15) is 39.5 Å². The van der Waals surface area contributed by atoms with Crippen LogP contribution in [-0.2, 0) is 12.5 Å². The number of benzene rings is 4. The van der Waals surface area contributed by atoms with E-state index < -0.39 is 63.7 Å². The number of aryl methyl sites for hydroxylation is 1. The van der Waals surface area contributed by atoms with E-state index in [1.165, 1.54) is 12.1 Å². The highest BCUT2D eigenvalue weighted by molar-refractivity contribution is 5.47. The van der Waals surface area contributed by atoms with Crippen LogP contribution in [-0.4, -0.2) is 0 Å². The molecular weight excluding hydrogens is 595 g/mol. The van der Waals surface area contributed by atoms with E-state index in [-0.39, 0.29) is 16.7 Å². The Kier molecular flexibility index (Phi) is 9.95. The number of hydrogen-bond acceptors (Lipinski definition) is 1. The van der Waals surface area contributed by atoms with Crippen molar-refractivity contribution < 1.29 is 44.3 Å². The van der Waals surface area contributed by atoms with Crippen LogP contribution < -0.4 is 4.74 Å². The Morgan fingerprint density at radius 2 is 1.11 bits per heavy atom. The summed E-state index contributed by atoms with van der Waals surface area (Å²) in [5.41, 5.74) is -2.13. The molecule has 0 bridgehead atoms. The number of hydrogen-bond donors (Lipinski definition) is 0. The number of unbranched alkanes of at least 4 members (excludes halogenated alkanes) is 2. The van der Waals surface area contributed by atoms with Crippen LogP contribution in [0.25, 0.3) is 0 Å². The highest BCUT2D eigenvalue weighted by atomic mass is 19.3. The second kappa shape index (κ2) is 13.6. The molecule has 0 atom stereocenters.